The normalized spacial score (nSPS) is 15.7. The van der Waals surface area contributed by atoms with Gasteiger partial charge in [0.1, 0.15) is 0 Å². The molecule has 0 saturated heterocycles. The van der Waals surface area contributed by atoms with E-state index in [9.17, 15) is 14.7 Å². The average Bonchev–Trinajstić information content (AvgIpc) is 3.47. The van der Waals surface area contributed by atoms with Crippen LogP contribution in [0.25, 0.3) is 0 Å². The molecule has 0 unspecified atom stereocenters. The summed E-state index contributed by atoms with van der Waals surface area (Å²) in [4.78, 5) is 31.9. The van der Waals surface area contributed by atoms with Gasteiger partial charge in [-0.05, 0) is 41.5 Å². The number of nitrogens with zero attached hydrogens (tertiary/aromatic N) is 2. The van der Waals surface area contributed by atoms with E-state index in [-0.39, 0.29) is 17.9 Å². The van der Waals surface area contributed by atoms with E-state index in [1.54, 1.807) is 42.7 Å². The van der Waals surface area contributed by atoms with Crippen LogP contribution in [0.4, 0.5) is 0 Å². The second-order valence-electron chi connectivity index (χ2n) is 7.22. The molecule has 0 fully saturated rings. The van der Waals surface area contributed by atoms with Crippen LogP contribution in [0.15, 0.2) is 70.8 Å². The van der Waals surface area contributed by atoms with Gasteiger partial charge in [-0.1, -0.05) is 6.07 Å². The van der Waals surface area contributed by atoms with Crippen molar-refractivity contribution in [1.82, 2.24) is 9.88 Å². The van der Waals surface area contributed by atoms with Crippen LogP contribution in [0, 0.1) is 0 Å². The summed E-state index contributed by atoms with van der Waals surface area (Å²) in [6.07, 6.45) is 4.58. The third kappa shape index (κ3) is 3.89. The Balaban J connectivity index is 1.88. The van der Waals surface area contributed by atoms with E-state index < -0.39 is 23.5 Å². The molecule has 4 rings (SSSR count). The lowest BCUT2D eigenvalue weighted by Gasteiger charge is -2.27. The number of ketones is 1. The molecule has 1 aliphatic rings. The number of carbonyl (C=O) groups is 2. The number of aromatic nitrogens is 1. The largest absolute Gasteiger partial charge is 0.503 e. The number of pyridine rings is 1. The zero-order valence-electron chi connectivity index (χ0n) is 18.3. The van der Waals surface area contributed by atoms with Gasteiger partial charge >= 0.3 is 0 Å². The Morgan fingerprint density at radius 2 is 1.85 bits per heavy atom. The van der Waals surface area contributed by atoms with E-state index in [0.717, 1.165) is 5.56 Å². The van der Waals surface area contributed by atoms with Crippen LogP contribution in [0.3, 0.4) is 0 Å². The SMILES string of the molecule is COc1cc([C@H]2C(C(=O)c3ccco3)=C(O)C(=O)N2Cc2cccnc2)cc(OC)c1OC. The third-order valence-corrected chi connectivity index (χ3v) is 5.37. The van der Waals surface area contributed by atoms with Gasteiger partial charge in [0.15, 0.2) is 23.0 Å². The van der Waals surface area contributed by atoms with Gasteiger partial charge in [-0.15, -0.1) is 0 Å². The van der Waals surface area contributed by atoms with Gasteiger partial charge in [0.2, 0.25) is 11.5 Å². The van der Waals surface area contributed by atoms with Gasteiger partial charge in [-0.3, -0.25) is 14.6 Å². The number of hydrogen-bond donors (Lipinski definition) is 1. The number of rotatable bonds is 8. The van der Waals surface area contributed by atoms with Crippen molar-refractivity contribution in [3.63, 3.8) is 0 Å². The maximum Gasteiger partial charge on any atom is 0.290 e. The molecule has 3 heterocycles. The molecule has 1 atom stereocenters. The first-order chi connectivity index (χ1) is 16.0. The Kier molecular flexibility index (Phi) is 6.03. The lowest BCUT2D eigenvalue weighted by Crippen LogP contribution is -2.30. The molecule has 1 aromatic carbocycles. The zero-order valence-corrected chi connectivity index (χ0v) is 18.3. The predicted molar refractivity (Wildman–Crippen MR) is 116 cm³/mol. The maximum absolute atomic E-state index is 13.3. The Hall–Kier alpha value is -4.27. The van der Waals surface area contributed by atoms with Gasteiger partial charge in [0.25, 0.3) is 5.91 Å². The van der Waals surface area contributed by atoms with Crippen LogP contribution in [0.5, 0.6) is 17.2 Å². The Morgan fingerprint density at radius 1 is 1.12 bits per heavy atom. The van der Waals surface area contributed by atoms with Crippen LogP contribution in [-0.4, -0.2) is 48.0 Å². The van der Waals surface area contributed by atoms with Crippen LogP contribution >= 0.6 is 0 Å². The van der Waals surface area contributed by atoms with E-state index in [4.69, 9.17) is 18.6 Å². The van der Waals surface area contributed by atoms with Crippen LogP contribution in [0.1, 0.15) is 27.7 Å². The number of hydrogen-bond acceptors (Lipinski definition) is 8. The highest BCUT2D eigenvalue weighted by Crippen LogP contribution is 2.46. The minimum Gasteiger partial charge on any atom is -0.503 e. The van der Waals surface area contributed by atoms with Gasteiger partial charge in [0.05, 0.1) is 39.2 Å². The summed E-state index contributed by atoms with van der Waals surface area (Å²) >= 11 is 0. The summed E-state index contributed by atoms with van der Waals surface area (Å²) in [6, 6.07) is 8.92. The van der Waals surface area contributed by atoms with E-state index >= 15 is 0 Å². The van der Waals surface area contributed by atoms with E-state index in [0.29, 0.717) is 22.8 Å². The van der Waals surface area contributed by atoms with E-state index in [1.807, 2.05) is 0 Å². The van der Waals surface area contributed by atoms with Crippen molar-refractivity contribution >= 4 is 11.7 Å². The van der Waals surface area contributed by atoms with Gasteiger partial charge < -0.3 is 28.6 Å². The maximum atomic E-state index is 13.3. The summed E-state index contributed by atoms with van der Waals surface area (Å²) in [7, 11) is 4.42. The fourth-order valence-electron chi connectivity index (χ4n) is 3.88. The summed E-state index contributed by atoms with van der Waals surface area (Å²) in [5.74, 6) is -0.873. The number of amides is 1. The minimum atomic E-state index is -0.941. The van der Waals surface area contributed by atoms with Gasteiger partial charge in [-0.25, -0.2) is 0 Å². The fourth-order valence-corrected chi connectivity index (χ4v) is 3.88. The van der Waals surface area contributed by atoms with Gasteiger partial charge in [-0.2, -0.15) is 0 Å². The number of aliphatic hydroxyl groups is 1. The second kappa shape index (κ2) is 9.07. The number of carbonyl (C=O) groups excluding carboxylic acids is 2. The molecule has 0 radical (unpaired) electrons. The van der Waals surface area contributed by atoms with Crippen LogP contribution in [-0.2, 0) is 11.3 Å². The number of aliphatic hydroxyl groups excluding tert-OH is 1. The molecule has 0 saturated carbocycles. The van der Waals surface area contributed by atoms with Crippen molar-refractivity contribution in [1.29, 1.82) is 0 Å². The molecule has 1 amide bonds. The molecule has 3 aromatic rings. The summed E-state index contributed by atoms with van der Waals surface area (Å²) in [5.41, 5.74) is 1.11. The quantitative estimate of drug-likeness (QED) is 0.519. The molecule has 1 aliphatic heterocycles. The highest BCUT2D eigenvalue weighted by atomic mass is 16.5. The summed E-state index contributed by atoms with van der Waals surface area (Å²) < 4.78 is 21.6. The lowest BCUT2D eigenvalue weighted by molar-refractivity contribution is -0.130. The second-order valence-corrected chi connectivity index (χ2v) is 7.22. The Bertz CT molecular complexity index is 1180. The zero-order chi connectivity index (χ0) is 23.5. The molecular weight excluding hydrogens is 428 g/mol. The fraction of sp³-hybridized carbons (Fsp3) is 0.208. The molecule has 33 heavy (non-hydrogen) atoms. The van der Waals surface area contributed by atoms with Gasteiger partial charge in [0, 0.05) is 18.9 Å². The minimum absolute atomic E-state index is 0.00465. The summed E-state index contributed by atoms with van der Waals surface area (Å²) in [6.45, 7) is 0.104. The number of methoxy groups -OCH3 is 3. The topological polar surface area (TPSA) is 111 Å². The van der Waals surface area contributed by atoms with E-state index in [1.165, 1.54) is 38.6 Å². The highest BCUT2D eigenvalue weighted by Gasteiger charge is 2.45. The number of furan rings is 1. The average molecular weight is 450 g/mol. The Morgan fingerprint density at radius 3 is 2.39 bits per heavy atom. The third-order valence-electron chi connectivity index (χ3n) is 5.37. The van der Waals surface area contributed by atoms with Crippen molar-refractivity contribution in [3.05, 3.63) is 83.3 Å². The molecule has 9 nitrogen and oxygen atoms in total. The molecule has 9 heteroatoms. The number of Topliss-reactive ketones (excluding diaryl/α,β-unsaturated/α-hetero) is 1. The lowest BCUT2D eigenvalue weighted by atomic mass is 9.94. The number of benzene rings is 1. The van der Waals surface area contributed by atoms with Crippen LogP contribution < -0.4 is 14.2 Å². The molecule has 0 aliphatic carbocycles. The molecular formula is C24H22N2O7. The predicted octanol–water partition coefficient (Wildman–Crippen LogP) is 3.48. The first-order valence-electron chi connectivity index (χ1n) is 10.0. The summed E-state index contributed by atoms with van der Waals surface area (Å²) in [5, 5.41) is 10.8. The first kappa shape index (κ1) is 21.9. The van der Waals surface area contributed by atoms with Crippen molar-refractivity contribution in [2.24, 2.45) is 0 Å². The molecule has 0 spiro atoms. The molecule has 170 valence electrons. The monoisotopic (exact) mass is 450 g/mol. The van der Waals surface area contributed by atoms with E-state index in [2.05, 4.69) is 4.98 Å². The molecule has 1 N–H and O–H groups in total. The van der Waals surface area contributed by atoms with Crippen molar-refractivity contribution in [2.45, 2.75) is 12.6 Å². The standard InChI is InChI=1S/C24H22N2O7/c1-30-17-10-15(11-18(31-2)23(17)32-3)20-19(21(27)16-7-5-9-33-16)22(28)24(29)26(20)13-14-6-4-8-25-12-14/h4-12,20,28H,13H2,1-3H3/t20-/m0/s1. The van der Waals surface area contributed by atoms with Crippen molar-refractivity contribution in [2.75, 3.05) is 21.3 Å². The highest BCUT2D eigenvalue weighted by molar-refractivity contribution is 6.15. The van der Waals surface area contributed by atoms with Crippen molar-refractivity contribution < 1.29 is 33.3 Å². The smallest absolute Gasteiger partial charge is 0.290 e. The Labute approximate surface area is 189 Å². The number of ether oxygens (including phenoxy) is 3. The van der Waals surface area contributed by atoms with Crippen LogP contribution in [0.2, 0.25) is 0 Å². The first-order valence-corrected chi connectivity index (χ1v) is 10.0. The molecule has 0 bridgehead atoms. The molecule has 2 aromatic heterocycles. The van der Waals surface area contributed by atoms with Crippen molar-refractivity contribution in [3.8, 4) is 17.2 Å².